The zero-order valence-electron chi connectivity index (χ0n) is 8.85. The summed E-state index contributed by atoms with van der Waals surface area (Å²) in [4.78, 5) is 4.01. The van der Waals surface area contributed by atoms with Crippen molar-refractivity contribution in [3.05, 3.63) is 12.2 Å². The summed E-state index contributed by atoms with van der Waals surface area (Å²) in [6, 6.07) is 0.756. The third-order valence-corrected chi connectivity index (χ3v) is 3.89. The van der Waals surface area contributed by atoms with E-state index < -0.39 is 0 Å². The van der Waals surface area contributed by atoms with Crippen LogP contribution in [0.3, 0.4) is 0 Å². The Morgan fingerprint density at radius 1 is 1.40 bits per heavy atom. The van der Waals surface area contributed by atoms with Crippen molar-refractivity contribution in [2.45, 2.75) is 38.1 Å². The van der Waals surface area contributed by atoms with Crippen LogP contribution in [0, 0.1) is 11.8 Å². The normalized spacial score (nSPS) is 33.7. The second-order valence-electron chi connectivity index (χ2n) is 4.82. The van der Waals surface area contributed by atoms with Gasteiger partial charge >= 0.3 is 0 Å². The molecule has 15 heavy (non-hydrogen) atoms. The Kier molecular flexibility index (Phi) is 2.44. The molecule has 0 aromatic carbocycles. The van der Waals surface area contributed by atoms with Crippen LogP contribution in [0.25, 0.3) is 0 Å². The molecule has 0 amide bonds. The molecule has 1 heterocycles. The van der Waals surface area contributed by atoms with Crippen molar-refractivity contribution in [2.24, 2.45) is 11.8 Å². The molecular weight excluding hydrogens is 190 g/mol. The van der Waals surface area contributed by atoms with Crippen LogP contribution in [0.4, 0.5) is 0 Å². The minimum Gasteiger partial charge on any atom is -0.340 e. The van der Waals surface area contributed by atoms with Gasteiger partial charge in [-0.3, -0.25) is 0 Å². The van der Waals surface area contributed by atoms with Crippen LogP contribution in [0.2, 0.25) is 0 Å². The lowest BCUT2D eigenvalue weighted by atomic mass is 9.95. The number of aromatic nitrogens is 2. The molecule has 1 N–H and O–H groups in total. The summed E-state index contributed by atoms with van der Waals surface area (Å²) in [7, 11) is 0. The van der Waals surface area contributed by atoms with Crippen molar-refractivity contribution >= 4 is 0 Å². The number of rotatable bonds is 4. The van der Waals surface area contributed by atoms with Crippen molar-refractivity contribution in [2.75, 3.05) is 6.54 Å². The lowest BCUT2D eigenvalue weighted by molar-refractivity contribution is 0.338. The quantitative estimate of drug-likeness (QED) is 0.810. The molecule has 1 aromatic heterocycles. The molecule has 3 atom stereocenters. The monoisotopic (exact) mass is 207 g/mol. The van der Waals surface area contributed by atoms with Crippen molar-refractivity contribution in [1.29, 1.82) is 0 Å². The van der Waals surface area contributed by atoms with Crippen LogP contribution in [0.1, 0.15) is 31.6 Å². The van der Waals surface area contributed by atoms with Gasteiger partial charge in [-0.2, -0.15) is 4.98 Å². The van der Waals surface area contributed by atoms with Crippen LogP contribution in [-0.2, 0) is 6.42 Å². The minimum atomic E-state index is 0.741. The maximum atomic E-state index is 4.96. The van der Waals surface area contributed by atoms with Gasteiger partial charge < -0.3 is 9.84 Å². The van der Waals surface area contributed by atoms with Gasteiger partial charge in [0, 0.05) is 19.0 Å². The molecule has 1 aromatic rings. The highest BCUT2D eigenvalue weighted by atomic mass is 16.5. The van der Waals surface area contributed by atoms with Gasteiger partial charge in [-0.05, 0) is 31.1 Å². The van der Waals surface area contributed by atoms with Gasteiger partial charge in [0.15, 0.2) is 6.33 Å². The molecule has 0 saturated heterocycles. The van der Waals surface area contributed by atoms with Gasteiger partial charge in [0.2, 0.25) is 5.89 Å². The number of hydrogen-bond acceptors (Lipinski definition) is 4. The third kappa shape index (κ3) is 1.91. The lowest BCUT2D eigenvalue weighted by Gasteiger charge is -2.22. The fourth-order valence-corrected chi connectivity index (χ4v) is 3.17. The van der Waals surface area contributed by atoms with Crippen LogP contribution < -0.4 is 5.32 Å². The SMILES string of the molecule is c1noc(CCNC2CC3CCC2C3)n1. The average Bonchev–Trinajstić information content (AvgIpc) is 2.93. The van der Waals surface area contributed by atoms with E-state index in [4.69, 9.17) is 4.52 Å². The highest BCUT2D eigenvalue weighted by Crippen LogP contribution is 2.44. The molecule has 82 valence electrons. The van der Waals surface area contributed by atoms with E-state index in [-0.39, 0.29) is 0 Å². The van der Waals surface area contributed by atoms with E-state index in [0.29, 0.717) is 0 Å². The molecule has 3 unspecified atom stereocenters. The van der Waals surface area contributed by atoms with E-state index in [1.165, 1.54) is 32.0 Å². The first-order valence-electron chi connectivity index (χ1n) is 5.91. The highest BCUT2D eigenvalue weighted by molar-refractivity contribution is 4.94. The molecule has 2 bridgehead atoms. The lowest BCUT2D eigenvalue weighted by Crippen LogP contribution is -2.35. The van der Waals surface area contributed by atoms with Gasteiger partial charge in [0.1, 0.15) is 0 Å². The van der Waals surface area contributed by atoms with Gasteiger partial charge in [0.25, 0.3) is 0 Å². The Morgan fingerprint density at radius 2 is 2.40 bits per heavy atom. The summed E-state index contributed by atoms with van der Waals surface area (Å²) in [5, 5.41) is 7.22. The fraction of sp³-hybridized carbons (Fsp3) is 0.818. The first-order chi connectivity index (χ1) is 7.42. The summed E-state index contributed by atoms with van der Waals surface area (Å²) in [6.07, 6.45) is 8.06. The predicted molar refractivity (Wildman–Crippen MR) is 55.2 cm³/mol. The summed E-state index contributed by atoms with van der Waals surface area (Å²) in [5.74, 6) is 2.69. The topological polar surface area (TPSA) is 51.0 Å². The molecular formula is C11H17N3O. The maximum Gasteiger partial charge on any atom is 0.227 e. The summed E-state index contributed by atoms with van der Waals surface area (Å²) in [6.45, 7) is 0.968. The molecule has 2 aliphatic carbocycles. The zero-order chi connectivity index (χ0) is 10.1. The third-order valence-electron chi connectivity index (χ3n) is 3.89. The average molecular weight is 207 g/mol. The molecule has 4 nitrogen and oxygen atoms in total. The summed E-state index contributed by atoms with van der Waals surface area (Å²) in [5.41, 5.74) is 0. The van der Waals surface area contributed by atoms with Gasteiger partial charge in [-0.1, -0.05) is 11.6 Å². The molecule has 2 fully saturated rings. The van der Waals surface area contributed by atoms with Crippen LogP contribution in [0.15, 0.2) is 10.9 Å². The Morgan fingerprint density at radius 3 is 3.07 bits per heavy atom. The number of nitrogens with zero attached hydrogens (tertiary/aromatic N) is 2. The van der Waals surface area contributed by atoms with Gasteiger partial charge in [0.05, 0.1) is 0 Å². The number of hydrogen-bond donors (Lipinski definition) is 1. The Bertz CT molecular complexity index is 312. The Hall–Kier alpha value is -0.900. The van der Waals surface area contributed by atoms with Crippen molar-refractivity contribution in [1.82, 2.24) is 15.5 Å². The van der Waals surface area contributed by atoms with Gasteiger partial charge in [-0.15, -0.1) is 0 Å². The second-order valence-corrected chi connectivity index (χ2v) is 4.82. The second kappa shape index (κ2) is 3.93. The maximum absolute atomic E-state index is 4.96. The van der Waals surface area contributed by atoms with Crippen molar-refractivity contribution in [3.63, 3.8) is 0 Å². The zero-order valence-corrected chi connectivity index (χ0v) is 8.85. The molecule has 4 heteroatoms. The van der Waals surface area contributed by atoms with Crippen LogP contribution >= 0.6 is 0 Å². The van der Waals surface area contributed by atoms with E-state index in [9.17, 15) is 0 Å². The molecule has 3 rings (SSSR count). The first kappa shape index (κ1) is 9.33. The molecule has 2 saturated carbocycles. The van der Waals surface area contributed by atoms with Crippen molar-refractivity contribution in [3.8, 4) is 0 Å². The molecule has 0 radical (unpaired) electrons. The predicted octanol–water partition coefficient (Wildman–Crippen LogP) is 1.39. The number of fused-ring (bicyclic) bond motifs is 2. The summed E-state index contributed by atoms with van der Waals surface area (Å²) >= 11 is 0. The van der Waals surface area contributed by atoms with Crippen molar-refractivity contribution < 1.29 is 4.52 Å². The van der Waals surface area contributed by atoms with Crippen LogP contribution in [0.5, 0.6) is 0 Å². The van der Waals surface area contributed by atoms with Gasteiger partial charge in [-0.25, -0.2) is 0 Å². The minimum absolute atomic E-state index is 0.741. The van der Waals surface area contributed by atoms with E-state index in [2.05, 4.69) is 15.5 Å². The number of nitrogens with one attached hydrogen (secondary N) is 1. The summed E-state index contributed by atoms with van der Waals surface area (Å²) < 4.78 is 4.96. The molecule has 0 aliphatic heterocycles. The Balaban J connectivity index is 1.43. The van der Waals surface area contributed by atoms with E-state index >= 15 is 0 Å². The van der Waals surface area contributed by atoms with E-state index in [1.807, 2.05) is 0 Å². The standard InChI is InChI=1S/C11H17N3O/c1-2-9-5-8(1)6-10(9)12-4-3-11-13-7-14-15-11/h7-10,12H,1-6H2. The smallest absolute Gasteiger partial charge is 0.227 e. The van der Waals surface area contributed by atoms with Crippen LogP contribution in [-0.4, -0.2) is 22.7 Å². The molecule has 2 aliphatic rings. The Labute approximate surface area is 89.4 Å². The fourth-order valence-electron chi connectivity index (χ4n) is 3.17. The van der Waals surface area contributed by atoms with E-state index in [1.54, 1.807) is 0 Å². The first-order valence-corrected chi connectivity index (χ1v) is 5.91. The highest BCUT2D eigenvalue weighted by Gasteiger charge is 2.38. The largest absolute Gasteiger partial charge is 0.340 e. The molecule has 0 spiro atoms. The van der Waals surface area contributed by atoms with E-state index in [0.717, 1.165) is 36.7 Å².